The summed E-state index contributed by atoms with van der Waals surface area (Å²) in [5.41, 5.74) is 6.10. The third-order valence-electron chi connectivity index (χ3n) is 6.80. The zero-order chi connectivity index (χ0) is 29.7. The van der Waals surface area contributed by atoms with Crippen LogP contribution in [0, 0.1) is 6.92 Å². The predicted octanol–water partition coefficient (Wildman–Crippen LogP) is 7.64. The molecule has 0 saturated carbocycles. The second-order valence-corrected chi connectivity index (χ2v) is 9.71. The van der Waals surface area contributed by atoms with Crippen molar-refractivity contribution in [1.82, 2.24) is 9.55 Å². The van der Waals surface area contributed by atoms with Crippen LogP contribution in [0.15, 0.2) is 91.0 Å². The molecule has 0 aliphatic heterocycles. The molecular formula is C33H29F3N2O4. The van der Waals surface area contributed by atoms with Gasteiger partial charge in [0.15, 0.2) is 0 Å². The van der Waals surface area contributed by atoms with Gasteiger partial charge in [-0.15, -0.1) is 13.2 Å². The van der Waals surface area contributed by atoms with Gasteiger partial charge in [0, 0.05) is 5.56 Å². The number of fused-ring (bicyclic) bond motifs is 1. The number of esters is 1. The molecule has 1 aromatic heterocycles. The average Bonchev–Trinajstić information content (AvgIpc) is 3.32. The van der Waals surface area contributed by atoms with Crippen LogP contribution in [0.4, 0.5) is 13.2 Å². The Morgan fingerprint density at radius 3 is 2.29 bits per heavy atom. The first-order valence-electron chi connectivity index (χ1n) is 13.5. The van der Waals surface area contributed by atoms with E-state index in [1.165, 1.54) is 12.1 Å². The zero-order valence-electron chi connectivity index (χ0n) is 23.1. The number of hydrogen-bond acceptors (Lipinski definition) is 5. The molecule has 5 aromatic rings. The Morgan fingerprint density at radius 1 is 0.857 bits per heavy atom. The maximum atomic E-state index is 12.7. The summed E-state index contributed by atoms with van der Waals surface area (Å²) in [6.07, 6.45) is -4.59. The highest BCUT2D eigenvalue weighted by atomic mass is 19.4. The Kier molecular flexibility index (Phi) is 8.47. The second kappa shape index (κ2) is 12.4. The lowest BCUT2D eigenvalue weighted by Crippen LogP contribution is -2.17. The summed E-state index contributed by atoms with van der Waals surface area (Å²) in [6, 6.07) is 26.9. The summed E-state index contributed by atoms with van der Waals surface area (Å²) in [5.74, 6) is 0.684. The SMILES string of the molecule is CCOC(=O)Cc1cc(OCc2ccccc2Cn2c(-c3ccc(OC(F)(F)F)cc3)nc3ccccc32)ccc1C. The molecule has 5 rings (SSSR count). The molecule has 6 nitrogen and oxygen atoms in total. The molecule has 0 unspecified atom stereocenters. The van der Waals surface area contributed by atoms with Crippen molar-refractivity contribution in [2.24, 2.45) is 0 Å². The molecule has 9 heteroatoms. The Bertz CT molecular complexity index is 1690. The van der Waals surface area contributed by atoms with Crippen LogP contribution >= 0.6 is 0 Å². The van der Waals surface area contributed by atoms with Gasteiger partial charge >= 0.3 is 12.3 Å². The number of alkyl halides is 3. The molecule has 0 radical (unpaired) electrons. The van der Waals surface area contributed by atoms with Crippen LogP contribution in [0.1, 0.15) is 29.2 Å². The van der Waals surface area contributed by atoms with Crippen LogP contribution in [0.5, 0.6) is 11.5 Å². The Balaban J connectivity index is 1.41. The summed E-state index contributed by atoms with van der Waals surface area (Å²) in [4.78, 5) is 16.8. The molecule has 0 aliphatic carbocycles. The molecule has 0 amide bonds. The summed E-state index contributed by atoms with van der Waals surface area (Å²) in [6.45, 7) is 4.80. The van der Waals surface area contributed by atoms with E-state index in [0.717, 1.165) is 33.3 Å². The van der Waals surface area contributed by atoms with Crippen LogP contribution in [0.3, 0.4) is 0 Å². The van der Waals surface area contributed by atoms with Gasteiger partial charge in [-0.2, -0.15) is 0 Å². The van der Waals surface area contributed by atoms with Crippen molar-refractivity contribution in [3.63, 3.8) is 0 Å². The largest absolute Gasteiger partial charge is 0.573 e. The molecule has 0 spiro atoms. The maximum Gasteiger partial charge on any atom is 0.573 e. The number of carbonyl (C=O) groups excluding carboxylic acids is 1. The number of ether oxygens (including phenoxy) is 3. The number of rotatable bonds is 10. The fourth-order valence-electron chi connectivity index (χ4n) is 4.74. The van der Waals surface area contributed by atoms with E-state index in [0.29, 0.717) is 36.9 Å². The molecule has 0 saturated heterocycles. The zero-order valence-corrected chi connectivity index (χ0v) is 23.1. The first-order chi connectivity index (χ1) is 20.2. The Labute approximate surface area is 241 Å². The minimum Gasteiger partial charge on any atom is -0.489 e. The molecule has 42 heavy (non-hydrogen) atoms. The summed E-state index contributed by atoms with van der Waals surface area (Å²) >= 11 is 0. The van der Waals surface area contributed by atoms with Gasteiger partial charge < -0.3 is 18.8 Å². The van der Waals surface area contributed by atoms with E-state index in [-0.39, 0.29) is 18.1 Å². The molecule has 0 aliphatic rings. The number of aryl methyl sites for hydroxylation is 1. The number of para-hydroxylation sites is 2. The van der Waals surface area contributed by atoms with Gasteiger partial charge in [-0.25, -0.2) is 4.98 Å². The number of hydrogen-bond donors (Lipinski definition) is 0. The summed E-state index contributed by atoms with van der Waals surface area (Å²) < 4.78 is 55.3. The first-order valence-corrected chi connectivity index (χ1v) is 13.5. The highest BCUT2D eigenvalue weighted by Gasteiger charge is 2.31. The number of benzene rings is 4. The lowest BCUT2D eigenvalue weighted by Gasteiger charge is -2.15. The predicted molar refractivity (Wildman–Crippen MR) is 153 cm³/mol. The molecule has 216 valence electrons. The van der Waals surface area contributed by atoms with Gasteiger partial charge in [-0.05, 0) is 84.6 Å². The topological polar surface area (TPSA) is 62.6 Å². The Hall–Kier alpha value is -4.79. The highest BCUT2D eigenvalue weighted by molar-refractivity contribution is 5.81. The van der Waals surface area contributed by atoms with Crippen molar-refractivity contribution in [3.8, 4) is 22.9 Å². The monoisotopic (exact) mass is 574 g/mol. The van der Waals surface area contributed by atoms with Gasteiger partial charge in [0.2, 0.25) is 0 Å². The minimum atomic E-state index is -4.76. The van der Waals surface area contributed by atoms with Crippen molar-refractivity contribution in [3.05, 3.63) is 113 Å². The van der Waals surface area contributed by atoms with Crippen molar-refractivity contribution in [1.29, 1.82) is 0 Å². The average molecular weight is 575 g/mol. The molecule has 0 N–H and O–H groups in total. The van der Waals surface area contributed by atoms with Crippen LogP contribution in [0.25, 0.3) is 22.4 Å². The first kappa shape index (κ1) is 28.7. The van der Waals surface area contributed by atoms with Crippen molar-refractivity contribution in [2.45, 2.75) is 39.8 Å². The number of imidazole rings is 1. The quantitative estimate of drug-likeness (QED) is 0.160. The van der Waals surface area contributed by atoms with Crippen LogP contribution < -0.4 is 9.47 Å². The van der Waals surface area contributed by atoms with Gasteiger partial charge in [0.1, 0.15) is 23.9 Å². The fraction of sp³-hybridized carbons (Fsp3) is 0.212. The number of carbonyl (C=O) groups is 1. The van der Waals surface area contributed by atoms with Crippen molar-refractivity contribution >= 4 is 17.0 Å². The molecule has 4 aromatic carbocycles. The van der Waals surface area contributed by atoms with Crippen LogP contribution in [-0.2, 0) is 29.1 Å². The van der Waals surface area contributed by atoms with Crippen molar-refractivity contribution in [2.75, 3.05) is 6.61 Å². The lowest BCUT2D eigenvalue weighted by molar-refractivity contribution is -0.274. The van der Waals surface area contributed by atoms with Gasteiger partial charge in [-0.1, -0.05) is 42.5 Å². The van der Waals surface area contributed by atoms with E-state index in [4.69, 9.17) is 14.5 Å². The van der Waals surface area contributed by atoms with E-state index >= 15 is 0 Å². The molecule has 0 bridgehead atoms. The second-order valence-electron chi connectivity index (χ2n) is 9.71. The Morgan fingerprint density at radius 2 is 1.55 bits per heavy atom. The fourth-order valence-corrected chi connectivity index (χ4v) is 4.74. The van der Waals surface area contributed by atoms with E-state index < -0.39 is 6.36 Å². The van der Waals surface area contributed by atoms with E-state index in [1.54, 1.807) is 19.1 Å². The third-order valence-corrected chi connectivity index (χ3v) is 6.80. The molecular weight excluding hydrogens is 545 g/mol. The van der Waals surface area contributed by atoms with Crippen LogP contribution in [-0.4, -0.2) is 28.5 Å². The molecule has 0 fully saturated rings. The van der Waals surface area contributed by atoms with Gasteiger partial charge in [-0.3, -0.25) is 4.79 Å². The van der Waals surface area contributed by atoms with Gasteiger partial charge in [0.05, 0.1) is 30.6 Å². The van der Waals surface area contributed by atoms with E-state index in [2.05, 4.69) is 4.74 Å². The smallest absolute Gasteiger partial charge is 0.489 e. The lowest BCUT2D eigenvalue weighted by atomic mass is 10.1. The van der Waals surface area contributed by atoms with Gasteiger partial charge in [0.25, 0.3) is 0 Å². The van der Waals surface area contributed by atoms with E-state index in [1.807, 2.05) is 78.2 Å². The van der Waals surface area contributed by atoms with Crippen molar-refractivity contribution < 1.29 is 32.2 Å². The standard InChI is InChI=1S/C33H29F3N2O4/c1-3-40-31(39)19-26-18-28(15-12-22(26)2)41-21-25-9-5-4-8-24(25)20-38-30-11-7-6-10-29(30)37-32(38)23-13-16-27(17-14-23)42-33(34,35)36/h4-18H,3,19-21H2,1-2H3. The minimum absolute atomic E-state index is 0.174. The normalized spacial score (nSPS) is 11.5. The summed E-state index contributed by atoms with van der Waals surface area (Å²) in [7, 11) is 0. The van der Waals surface area contributed by atoms with E-state index in [9.17, 15) is 18.0 Å². The van der Waals surface area contributed by atoms with Crippen LogP contribution in [0.2, 0.25) is 0 Å². The highest BCUT2D eigenvalue weighted by Crippen LogP contribution is 2.30. The number of nitrogens with zero attached hydrogens (tertiary/aromatic N) is 2. The number of aromatic nitrogens is 2. The molecule has 1 heterocycles. The summed E-state index contributed by atoms with van der Waals surface area (Å²) in [5, 5.41) is 0. The molecule has 0 atom stereocenters. The maximum absolute atomic E-state index is 12.7. The third kappa shape index (κ3) is 6.91. The number of halogens is 3.